The summed E-state index contributed by atoms with van der Waals surface area (Å²) < 4.78 is 0. The highest BCUT2D eigenvalue weighted by atomic mass is 16.2. The van der Waals surface area contributed by atoms with E-state index in [1.165, 1.54) is 11.1 Å². The van der Waals surface area contributed by atoms with Crippen molar-refractivity contribution in [3.63, 3.8) is 0 Å². The smallest absolute Gasteiger partial charge is 0.258 e. The summed E-state index contributed by atoms with van der Waals surface area (Å²) in [6, 6.07) is 12.7. The van der Waals surface area contributed by atoms with Gasteiger partial charge in [-0.3, -0.25) is 4.79 Å². The van der Waals surface area contributed by atoms with E-state index in [0.717, 1.165) is 62.2 Å². The van der Waals surface area contributed by atoms with Gasteiger partial charge in [-0.1, -0.05) is 12.1 Å². The molecule has 2 aromatic rings. The van der Waals surface area contributed by atoms with Gasteiger partial charge in [-0.05, 0) is 51.1 Å². The van der Waals surface area contributed by atoms with Gasteiger partial charge in [0.05, 0.1) is 11.8 Å². The zero-order valence-electron chi connectivity index (χ0n) is 15.9. The minimum atomic E-state index is 0.120. The van der Waals surface area contributed by atoms with E-state index in [4.69, 9.17) is 5.26 Å². The quantitative estimate of drug-likeness (QED) is 0.762. The third-order valence-corrected chi connectivity index (χ3v) is 5.77. The Morgan fingerprint density at radius 2 is 1.93 bits per heavy atom. The van der Waals surface area contributed by atoms with E-state index in [-0.39, 0.29) is 5.91 Å². The van der Waals surface area contributed by atoms with Gasteiger partial charge in [0, 0.05) is 54.6 Å². The number of hydrogen-bond donors (Lipinski definition) is 0. The molecule has 2 aromatic carbocycles. The first-order valence-corrected chi connectivity index (χ1v) is 9.96. The van der Waals surface area contributed by atoms with Crippen molar-refractivity contribution in [1.29, 1.82) is 5.26 Å². The molecule has 0 aliphatic carbocycles. The Morgan fingerprint density at radius 1 is 1.07 bits per heavy atom. The number of nitrogens with zero attached hydrogens (tertiary/aromatic N) is 4. The van der Waals surface area contributed by atoms with Crippen LogP contribution in [0, 0.1) is 11.3 Å². The topological polar surface area (TPSA) is 50.6 Å². The van der Waals surface area contributed by atoms with Crippen LogP contribution < -0.4 is 9.80 Å². The number of amides is 1. The second kappa shape index (κ2) is 7.58. The number of carbonyl (C=O) groups is 1. The molecule has 0 atom stereocenters. The molecule has 0 saturated carbocycles. The van der Waals surface area contributed by atoms with Crippen molar-refractivity contribution >= 4 is 28.1 Å². The zero-order valence-corrected chi connectivity index (χ0v) is 15.9. The summed E-state index contributed by atoms with van der Waals surface area (Å²) >= 11 is 0. The number of unbranched alkanes of at least 4 members (excludes halogenated alkanes) is 1. The van der Waals surface area contributed by atoms with E-state index in [1.54, 1.807) is 0 Å². The fourth-order valence-corrected chi connectivity index (χ4v) is 4.44. The van der Waals surface area contributed by atoms with Crippen molar-refractivity contribution in [3.8, 4) is 6.07 Å². The first kappa shape index (κ1) is 17.8. The molecule has 2 heterocycles. The Kier molecular flexibility index (Phi) is 5.00. The molecule has 1 saturated heterocycles. The molecule has 0 radical (unpaired) electrons. The summed E-state index contributed by atoms with van der Waals surface area (Å²) in [6.45, 7) is 7.85. The maximum Gasteiger partial charge on any atom is 0.258 e. The van der Waals surface area contributed by atoms with Crippen LogP contribution in [0.5, 0.6) is 0 Å². The largest absolute Gasteiger partial charge is 0.370 e. The molecule has 0 spiro atoms. The second-order valence-corrected chi connectivity index (χ2v) is 7.33. The molecule has 5 heteroatoms. The molecule has 5 nitrogen and oxygen atoms in total. The first-order valence-electron chi connectivity index (χ1n) is 9.96. The van der Waals surface area contributed by atoms with Crippen LogP contribution in [0.1, 0.15) is 36.5 Å². The van der Waals surface area contributed by atoms with Crippen molar-refractivity contribution in [1.82, 2.24) is 4.90 Å². The maximum absolute atomic E-state index is 12.7. The monoisotopic (exact) mass is 362 g/mol. The third kappa shape index (κ3) is 3.15. The lowest BCUT2D eigenvalue weighted by Crippen LogP contribution is -2.31. The standard InChI is InChI=1S/C22H26N4O/c1-2-26-20-10-9-19(17-7-5-8-18(21(17)20)22(26)27)25-14-6-13-24(15-16-25)12-4-3-11-23/h5,7-10H,2-4,6,12-16H2,1H3. The van der Waals surface area contributed by atoms with Gasteiger partial charge in [-0.15, -0.1) is 0 Å². The van der Waals surface area contributed by atoms with Gasteiger partial charge in [0.2, 0.25) is 0 Å². The maximum atomic E-state index is 12.7. The van der Waals surface area contributed by atoms with E-state index >= 15 is 0 Å². The Bertz CT molecular complexity index is 901. The first-order chi connectivity index (χ1) is 13.2. The van der Waals surface area contributed by atoms with Crippen molar-refractivity contribution in [3.05, 3.63) is 35.9 Å². The van der Waals surface area contributed by atoms with Crippen LogP contribution in [0.15, 0.2) is 30.3 Å². The Morgan fingerprint density at radius 3 is 2.74 bits per heavy atom. The highest BCUT2D eigenvalue weighted by molar-refractivity contribution is 6.26. The van der Waals surface area contributed by atoms with Crippen LogP contribution in [-0.2, 0) is 0 Å². The number of hydrogen-bond acceptors (Lipinski definition) is 4. The van der Waals surface area contributed by atoms with E-state index in [0.29, 0.717) is 13.0 Å². The molecule has 2 aliphatic rings. The van der Waals surface area contributed by atoms with Crippen LogP contribution >= 0.6 is 0 Å². The average Bonchev–Trinajstić information content (AvgIpc) is 2.84. The normalized spacial score (nSPS) is 17.4. The molecular weight excluding hydrogens is 336 g/mol. The fraction of sp³-hybridized carbons (Fsp3) is 0.455. The Hall–Kier alpha value is -2.58. The van der Waals surface area contributed by atoms with Crippen molar-refractivity contribution < 1.29 is 4.79 Å². The minimum absolute atomic E-state index is 0.120. The number of anilines is 2. The van der Waals surface area contributed by atoms with Gasteiger partial charge in [0.1, 0.15) is 0 Å². The van der Waals surface area contributed by atoms with Gasteiger partial charge in [-0.2, -0.15) is 5.26 Å². The molecule has 2 aliphatic heterocycles. The van der Waals surface area contributed by atoms with E-state index < -0.39 is 0 Å². The molecule has 0 bridgehead atoms. The van der Waals surface area contributed by atoms with Crippen LogP contribution in [0.2, 0.25) is 0 Å². The molecule has 1 fully saturated rings. The van der Waals surface area contributed by atoms with Gasteiger partial charge >= 0.3 is 0 Å². The predicted octanol–water partition coefficient (Wildman–Crippen LogP) is 3.64. The van der Waals surface area contributed by atoms with Crippen molar-refractivity contribution in [2.24, 2.45) is 0 Å². The Balaban J connectivity index is 1.61. The summed E-state index contributed by atoms with van der Waals surface area (Å²) in [5.74, 6) is 0.120. The lowest BCUT2D eigenvalue weighted by atomic mass is 10.0. The predicted molar refractivity (Wildman–Crippen MR) is 109 cm³/mol. The van der Waals surface area contributed by atoms with Gasteiger partial charge in [0.15, 0.2) is 0 Å². The van der Waals surface area contributed by atoms with Crippen LogP contribution in [0.3, 0.4) is 0 Å². The Labute approximate surface area is 160 Å². The summed E-state index contributed by atoms with van der Waals surface area (Å²) in [7, 11) is 0. The number of carbonyl (C=O) groups excluding carboxylic acids is 1. The van der Waals surface area contributed by atoms with Crippen LogP contribution in [0.4, 0.5) is 11.4 Å². The number of nitriles is 1. The van der Waals surface area contributed by atoms with Crippen molar-refractivity contribution in [2.75, 3.05) is 49.1 Å². The molecule has 27 heavy (non-hydrogen) atoms. The zero-order chi connectivity index (χ0) is 18.8. The summed E-state index contributed by atoms with van der Waals surface area (Å²) in [5, 5.41) is 11.0. The van der Waals surface area contributed by atoms with Gasteiger partial charge < -0.3 is 14.7 Å². The summed E-state index contributed by atoms with van der Waals surface area (Å²) in [5.41, 5.74) is 3.11. The molecule has 0 aromatic heterocycles. The van der Waals surface area contributed by atoms with Gasteiger partial charge in [0.25, 0.3) is 5.91 Å². The molecule has 0 unspecified atom stereocenters. The van der Waals surface area contributed by atoms with E-state index in [2.05, 4.69) is 34.1 Å². The highest BCUT2D eigenvalue weighted by Gasteiger charge is 2.30. The number of rotatable bonds is 5. The molecular formula is C22H26N4O. The molecule has 140 valence electrons. The number of benzene rings is 2. The second-order valence-electron chi connectivity index (χ2n) is 7.33. The van der Waals surface area contributed by atoms with E-state index in [1.807, 2.05) is 24.0 Å². The van der Waals surface area contributed by atoms with Crippen LogP contribution in [-0.4, -0.2) is 50.1 Å². The lowest BCUT2D eigenvalue weighted by molar-refractivity contribution is 0.0994. The molecule has 1 amide bonds. The fourth-order valence-electron chi connectivity index (χ4n) is 4.44. The molecule has 0 N–H and O–H groups in total. The molecule has 4 rings (SSSR count). The highest BCUT2D eigenvalue weighted by Crippen LogP contribution is 2.41. The van der Waals surface area contributed by atoms with Crippen LogP contribution in [0.25, 0.3) is 10.8 Å². The SMILES string of the molecule is CCN1C(=O)c2cccc3c(N4CCCN(CCCC#N)CC4)ccc1c23. The van der Waals surface area contributed by atoms with Gasteiger partial charge in [-0.25, -0.2) is 0 Å². The average molecular weight is 362 g/mol. The lowest BCUT2D eigenvalue weighted by Gasteiger charge is -2.25. The third-order valence-electron chi connectivity index (χ3n) is 5.77. The minimum Gasteiger partial charge on any atom is -0.370 e. The van der Waals surface area contributed by atoms with E-state index in [9.17, 15) is 4.79 Å². The summed E-state index contributed by atoms with van der Waals surface area (Å²) in [6.07, 6.45) is 2.71. The summed E-state index contributed by atoms with van der Waals surface area (Å²) in [4.78, 5) is 19.5. The van der Waals surface area contributed by atoms with Crippen molar-refractivity contribution in [2.45, 2.75) is 26.2 Å².